The Morgan fingerprint density at radius 3 is 2.81 bits per heavy atom. The molecule has 0 saturated heterocycles. The number of ether oxygens (including phenoxy) is 1. The number of hydrogen-bond donors (Lipinski definition) is 1. The smallest absolute Gasteiger partial charge is 0.197 e. The van der Waals surface area contributed by atoms with Gasteiger partial charge in [-0.25, -0.2) is 0 Å². The summed E-state index contributed by atoms with van der Waals surface area (Å²) in [7, 11) is 1.61. The van der Waals surface area contributed by atoms with Crippen LogP contribution < -0.4 is 4.74 Å². The molecule has 0 spiro atoms. The summed E-state index contributed by atoms with van der Waals surface area (Å²) in [6.07, 6.45) is 0.676. The Bertz CT molecular complexity index is 679. The number of rotatable bonds is 3. The monoisotopic (exact) mass is 283 g/mol. The molecule has 0 fully saturated rings. The number of benzene rings is 2. The van der Waals surface area contributed by atoms with Gasteiger partial charge in [0.2, 0.25) is 0 Å². The lowest BCUT2D eigenvalue weighted by Gasteiger charge is -2.10. The highest BCUT2D eigenvalue weighted by atomic mass is 16.5. The van der Waals surface area contributed by atoms with Crippen LogP contribution in [0.3, 0.4) is 0 Å². The van der Waals surface area contributed by atoms with Crippen molar-refractivity contribution in [3.63, 3.8) is 0 Å². The van der Waals surface area contributed by atoms with Crippen molar-refractivity contribution in [3.8, 4) is 5.75 Å². The zero-order valence-corrected chi connectivity index (χ0v) is 11.9. The summed E-state index contributed by atoms with van der Waals surface area (Å²) in [5.74, 6) is 0.620. The van der Waals surface area contributed by atoms with Gasteiger partial charge in [-0.3, -0.25) is 4.79 Å². The van der Waals surface area contributed by atoms with Gasteiger partial charge in [0.15, 0.2) is 5.78 Å². The van der Waals surface area contributed by atoms with Crippen molar-refractivity contribution >= 4 is 5.78 Å². The Labute approximate surface area is 123 Å². The summed E-state index contributed by atoms with van der Waals surface area (Å²) in [6, 6.07) is 13.2. The molecule has 0 amide bonds. The van der Waals surface area contributed by atoms with Crippen molar-refractivity contribution in [2.75, 3.05) is 13.6 Å². The van der Waals surface area contributed by atoms with Crippen LogP contribution in [0.5, 0.6) is 5.75 Å². The molecule has 4 nitrogen and oxygen atoms in total. The molecule has 1 N–H and O–H groups in total. The molecule has 0 atom stereocenters. The third kappa shape index (κ3) is 2.82. The first kappa shape index (κ1) is 13.8. The number of ketones is 1. The third-order valence-electron chi connectivity index (χ3n) is 3.66. The van der Waals surface area contributed by atoms with Crippen LogP contribution in [0.15, 0.2) is 42.5 Å². The first-order valence-electron chi connectivity index (χ1n) is 6.93. The molecule has 0 unspecified atom stereocenters. The lowest BCUT2D eigenvalue weighted by Crippen LogP contribution is -2.16. The van der Waals surface area contributed by atoms with E-state index in [4.69, 9.17) is 4.74 Å². The minimum absolute atomic E-state index is 0.00250. The maximum atomic E-state index is 12.7. The van der Waals surface area contributed by atoms with E-state index in [1.807, 2.05) is 42.5 Å². The number of carbonyl (C=O) groups is 1. The van der Waals surface area contributed by atoms with Gasteiger partial charge in [-0.15, -0.1) is 0 Å². The summed E-state index contributed by atoms with van der Waals surface area (Å²) < 4.78 is 5.75. The number of hydroxylamine groups is 2. The maximum absolute atomic E-state index is 12.7. The molecule has 1 aliphatic rings. The molecule has 2 aromatic carbocycles. The average Bonchev–Trinajstić information content (AvgIpc) is 2.63. The standard InChI is InChI=1S/C17H17NO3/c1-18(20)9-8-12-6-7-16-15(10-12)17(19)14-5-3-2-4-13(14)11-21-16/h2-7,10,20H,8-9,11H2,1H3. The second-order valence-corrected chi connectivity index (χ2v) is 5.24. The fourth-order valence-corrected chi connectivity index (χ4v) is 2.50. The summed E-state index contributed by atoms with van der Waals surface area (Å²) >= 11 is 0. The first-order valence-corrected chi connectivity index (χ1v) is 6.93. The quantitative estimate of drug-likeness (QED) is 0.880. The predicted octanol–water partition coefficient (Wildman–Crippen LogP) is 2.67. The molecule has 0 aromatic heterocycles. The van der Waals surface area contributed by atoms with Crippen molar-refractivity contribution < 1.29 is 14.7 Å². The van der Waals surface area contributed by atoms with E-state index in [1.165, 1.54) is 0 Å². The van der Waals surface area contributed by atoms with Gasteiger partial charge in [-0.2, -0.15) is 5.06 Å². The SMILES string of the molecule is CN(O)CCc1ccc2c(c1)C(=O)c1ccccc1CO2. The largest absolute Gasteiger partial charge is 0.488 e. The number of fused-ring (bicyclic) bond motifs is 2. The van der Waals surface area contributed by atoms with Gasteiger partial charge >= 0.3 is 0 Å². The summed E-state index contributed by atoms with van der Waals surface area (Å²) in [5.41, 5.74) is 3.21. The van der Waals surface area contributed by atoms with Crippen LogP contribution in [-0.2, 0) is 13.0 Å². The molecule has 108 valence electrons. The number of likely N-dealkylation sites (N-methyl/N-ethyl adjacent to an activating group) is 1. The van der Waals surface area contributed by atoms with E-state index in [2.05, 4.69) is 0 Å². The molecule has 2 aromatic rings. The molecule has 0 bridgehead atoms. The highest BCUT2D eigenvalue weighted by Gasteiger charge is 2.22. The Morgan fingerprint density at radius 2 is 2.00 bits per heavy atom. The van der Waals surface area contributed by atoms with Gasteiger partial charge in [-0.1, -0.05) is 30.3 Å². The number of nitrogens with zero attached hydrogens (tertiary/aromatic N) is 1. The topological polar surface area (TPSA) is 49.8 Å². The highest BCUT2D eigenvalue weighted by molar-refractivity contribution is 6.12. The van der Waals surface area contributed by atoms with Gasteiger partial charge < -0.3 is 9.94 Å². The third-order valence-corrected chi connectivity index (χ3v) is 3.66. The molecule has 0 aliphatic carbocycles. The fourth-order valence-electron chi connectivity index (χ4n) is 2.50. The molecule has 0 saturated carbocycles. The fraction of sp³-hybridized carbons (Fsp3) is 0.235. The second-order valence-electron chi connectivity index (χ2n) is 5.24. The van der Waals surface area contributed by atoms with E-state index >= 15 is 0 Å². The van der Waals surface area contributed by atoms with Gasteiger partial charge in [-0.05, 0) is 24.1 Å². The Kier molecular flexibility index (Phi) is 3.73. The number of carbonyl (C=O) groups excluding carboxylic acids is 1. The molecule has 4 heteroatoms. The van der Waals surface area contributed by atoms with Crippen molar-refractivity contribution in [2.45, 2.75) is 13.0 Å². The van der Waals surface area contributed by atoms with E-state index in [0.29, 0.717) is 36.4 Å². The van der Waals surface area contributed by atoms with Crippen LogP contribution >= 0.6 is 0 Å². The van der Waals surface area contributed by atoms with Crippen molar-refractivity contribution in [2.24, 2.45) is 0 Å². The van der Waals surface area contributed by atoms with E-state index < -0.39 is 0 Å². The van der Waals surface area contributed by atoms with E-state index in [0.717, 1.165) is 16.2 Å². The van der Waals surface area contributed by atoms with Crippen LogP contribution in [0, 0.1) is 0 Å². The van der Waals surface area contributed by atoms with Crippen LogP contribution in [0.25, 0.3) is 0 Å². The van der Waals surface area contributed by atoms with Crippen LogP contribution in [0.1, 0.15) is 27.0 Å². The van der Waals surface area contributed by atoms with Gasteiger partial charge in [0.05, 0.1) is 5.56 Å². The Morgan fingerprint density at radius 1 is 1.19 bits per heavy atom. The summed E-state index contributed by atoms with van der Waals surface area (Å²) in [6.45, 7) is 0.929. The molecule has 21 heavy (non-hydrogen) atoms. The van der Waals surface area contributed by atoms with Crippen LogP contribution in [0.4, 0.5) is 0 Å². The van der Waals surface area contributed by atoms with E-state index in [1.54, 1.807) is 7.05 Å². The van der Waals surface area contributed by atoms with Crippen molar-refractivity contribution in [1.82, 2.24) is 5.06 Å². The molecular formula is C17H17NO3. The zero-order valence-electron chi connectivity index (χ0n) is 11.9. The van der Waals surface area contributed by atoms with Gasteiger partial charge in [0, 0.05) is 24.7 Å². The van der Waals surface area contributed by atoms with Gasteiger partial charge in [0.1, 0.15) is 12.4 Å². The summed E-state index contributed by atoms with van der Waals surface area (Å²) in [5, 5.41) is 10.4. The van der Waals surface area contributed by atoms with E-state index in [-0.39, 0.29) is 5.78 Å². The summed E-state index contributed by atoms with van der Waals surface area (Å²) in [4.78, 5) is 12.7. The average molecular weight is 283 g/mol. The normalized spacial score (nSPS) is 13.4. The van der Waals surface area contributed by atoms with Crippen molar-refractivity contribution in [3.05, 3.63) is 64.7 Å². The molecule has 1 aliphatic heterocycles. The lowest BCUT2D eigenvalue weighted by atomic mass is 9.97. The first-order chi connectivity index (χ1) is 10.1. The highest BCUT2D eigenvalue weighted by Crippen LogP contribution is 2.29. The maximum Gasteiger partial charge on any atom is 0.197 e. The minimum Gasteiger partial charge on any atom is -0.488 e. The zero-order chi connectivity index (χ0) is 14.8. The minimum atomic E-state index is -0.00250. The molecule has 3 rings (SSSR count). The van der Waals surface area contributed by atoms with E-state index in [9.17, 15) is 10.0 Å². The molecular weight excluding hydrogens is 266 g/mol. The van der Waals surface area contributed by atoms with Crippen molar-refractivity contribution in [1.29, 1.82) is 0 Å². The number of hydrogen-bond acceptors (Lipinski definition) is 4. The van der Waals surface area contributed by atoms with Crippen LogP contribution in [-0.4, -0.2) is 29.6 Å². The Balaban J connectivity index is 1.97. The molecule has 0 radical (unpaired) electrons. The van der Waals surface area contributed by atoms with Gasteiger partial charge in [0.25, 0.3) is 0 Å². The second kappa shape index (κ2) is 5.68. The predicted molar refractivity (Wildman–Crippen MR) is 78.8 cm³/mol. The Hall–Kier alpha value is -2.17. The van der Waals surface area contributed by atoms with Crippen LogP contribution in [0.2, 0.25) is 0 Å². The lowest BCUT2D eigenvalue weighted by molar-refractivity contribution is -0.0634. The molecule has 1 heterocycles.